The van der Waals surface area contributed by atoms with Gasteiger partial charge < -0.3 is 0 Å². The Morgan fingerprint density at radius 1 is 1.14 bits per heavy atom. The molecule has 0 N–H and O–H groups in total. The molecule has 21 heavy (non-hydrogen) atoms. The van der Waals surface area contributed by atoms with Crippen LogP contribution in [0.2, 0.25) is 5.02 Å². The second kappa shape index (κ2) is 5.39. The molecule has 0 unspecified atom stereocenters. The van der Waals surface area contributed by atoms with Gasteiger partial charge in [0.05, 0.1) is 20.7 Å². The molecule has 0 aliphatic carbocycles. The number of aryl methyl sites for hydroxylation is 1. The number of pyridine rings is 1. The normalized spacial score (nSPS) is 11.1. The van der Waals surface area contributed by atoms with Crippen molar-refractivity contribution in [3.05, 3.63) is 62.8 Å². The van der Waals surface area contributed by atoms with Gasteiger partial charge in [-0.25, -0.2) is 9.37 Å². The summed E-state index contributed by atoms with van der Waals surface area (Å²) in [5, 5.41) is 1.17. The van der Waals surface area contributed by atoms with Gasteiger partial charge in [-0.1, -0.05) is 41.9 Å². The maximum atomic E-state index is 13.9. The van der Waals surface area contributed by atoms with Crippen molar-refractivity contribution in [1.29, 1.82) is 0 Å². The van der Waals surface area contributed by atoms with E-state index in [1.165, 1.54) is 6.07 Å². The molecule has 0 aliphatic heterocycles. The minimum Gasteiger partial charge on any atom is -0.247 e. The van der Waals surface area contributed by atoms with E-state index in [2.05, 4.69) is 15.9 Å². The molecule has 0 saturated carbocycles. The second-order valence-electron chi connectivity index (χ2n) is 4.98. The Morgan fingerprint density at radius 3 is 2.48 bits per heavy atom. The Balaban J connectivity index is 2.44. The van der Waals surface area contributed by atoms with Crippen LogP contribution in [0.5, 0.6) is 0 Å². The Labute approximate surface area is 135 Å². The van der Waals surface area contributed by atoms with Gasteiger partial charge in [0.1, 0.15) is 5.82 Å². The van der Waals surface area contributed by atoms with Crippen LogP contribution >= 0.6 is 27.5 Å². The van der Waals surface area contributed by atoms with Gasteiger partial charge in [0.15, 0.2) is 0 Å². The third-order valence-corrected chi connectivity index (χ3v) is 4.81. The first-order valence-electron chi connectivity index (χ1n) is 6.50. The van der Waals surface area contributed by atoms with Gasteiger partial charge in [-0.2, -0.15) is 0 Å². The highest BCUT2D eigenvalue weighted by Crippen LogP contribution is 2.38. The van der Waals surface area contributed by atoms with E-state index < -0.39 is 0 Å². The van der Waals surface area contributed by atoms with Crippen LogP contribution in [-0.2, 0) is 0 Å². The molecular formula is C17H12BrClFN. The highest BCUT2D eigenvalue weighted by molar-refractivity contribution is 9.10. The lowest BCUT2D eigenvalue weighted by molar-refractivity contribution is 0.622. The van der Waals surface area contributed by atoms with Crippen molar-refractivity contribution in [2.75, 3.05) is 0 Å². The predicted octanol–water partition coefficient (Wildman–Crippen LogP) is 6.07. The Morgan fingerprint density at radius 2 is 1.81 bits per heavy atom. The van der Waals surface area contributed by atoms with E-state index in [4.69, 9.17) is 16.6 Å². The molecule has 4 heteroatoms. The minimum absolute atomic E-state index is 0.324. The average molecular weight is 365 g/mol. The summed E-state index contributed by atoms with van der Waals surface area (Å²) in [6.45, 7) is 3.75. The van der Waals surface area contributed by atoms with Crippen molar-refractivity contribution in [1.82, 2.24) is 4.98 Å². The van der Waals surface area contributed by atoms with E-state index in [9.17, 15) is 4.39 Å². The highest BCUT2D eigenvalue weighted by atomic mass is 79.9. The molecule has 0 atom stereocenters. The molecular weight excluding hydrogens is 353 g/mol. The van der Waals surface area contributed by atoms with Crippen molar-refractivity contribution in [3.63, 3.8) is 0 Å². The van der Waals surface area contributed by atoms with Crippen LogP contribution in [0.25, 0.3) is 22.2 Å². The summed E-state index contributed by atoms with van der Waals surface area (Å²) < 4.78 is 14.3. The molecule has 0 aliphatic rings. The molecule has 2 aromatic carbocycles. The first kappa shape index (κ1) is 14.5. The molecule has 1 heterocycles. The fourth-order valence-corrected chi connectivity index (χ4v) is 3.34. The number of hydrogen-bond acceptors (Lipinski definition) is 1. The Bertz CT molecular complexity index is 847. The van der Waals surface area contributed by atoms with Gasteiger partial charge in [0, 0.05) is 10.9 Å². The van der Waals surface area contributed by atoms with Crippen LogP contribution < -0.4 is 0 Å². The zero-order chi connectivity index (χ0) is 15.1. The van der Waals surface area contributed by atoms with Gasteiger partial charge in [0.2, 0.25) is 0 Å². The van der Waals surface area contributed by atoms with E-state index >= 15 is 0 Å². The lowest BCUT2D eigenvalue weighted by Gasteiger charge is -2.13. The van der Waals surface area contributed by atoms with Crippen molar-refractivity contribution in [2.24, 2.45) is 0 Å². The van der Waals surface area contributed by atoms with Crippen LogP contribution in [-0.4, -0.2) is 4.98 Å². The standard InChI is InChI=1S/C17H12BrClFN/c1-9-8-12(20)14(18)13-15(19)10(2)17(21-16(9)13)11-6-4-3-5-7-11/h3-8H,1-2H3. The quantitative estimate of drug-likeness (QED) is 0.510. The van der Waals surface area contributed by atoms with Crippen LogP contribution in [0.15, 0.2) is 40.9 Å². The largest absolute Gasteiger partial charge is 0.247 e. The summed E-state index contributed by atoms with van der Waals surface area (Å²) in [4.78, 5) is 4.73. The lowest BCUT2D eigenvalue weighted by atomic mass is 10.0. The third kappa shape index (κ3) is 2.34. The van der Waals surface area contributed by atoms with Gasteiger partial charge in [0.25, 0.3) is 0 Å². The average Bonchev–Trinajstić information content (AvgIpc) is 2.48. The van der Waals surface area contributed by atoms with Crippen LogP contribution in [0.1, 0.15) is 11.1 Å². The van der Waals surface area contributed by atoms with Crippen molar-refractivity contribution in [2.45, 2.75) is 13.8 Å². The summed E-state index contributed by atoms with van der Waals surface area (Å²) in [7, 11) is 0. The summed E-state index contributed by atoms with van der Waals surface area (Å²) in [6.07, 6.45) is 0. The maximum Gasteiger partial charge on any atom is 0.138 e. The highest BCUT2D eigenvalue weighted by Gasteiger charge is 2.17. The fourth-order valence-electron chi connectivity index (χ4n) is 2.45. The summed E-state index contributed by atoms with van der Waals surface area (Å²) >= 11 is 9.77. The number of benzene rings is 2. The summed E-state index contributed by atoms with van der Waals surface area (Å²) in [5.74, 6) is -0.324. The number of halogens is 3. The fraction of sp³-hybridized carbons (Fsp3) is 0.118. The predicted molar refractivity (Wildman–Crippen MR) is 89.3 cm³/mol. The zero-order valence-electron chi connectivity index (χ0n) is 11.5. The Hall–Kier alpha value is -1.45. The van der Waals surface area contributed by atoms with Crippen molar-refractivity contribution >= 4 is 38.4 Å². The SMILES string of the molecule is Cc1c(-c2ccccc2)nc2c(C)cc(F)c(Br)c2c1Cl. The topological polar surface area (TPSA) is 12.9 Å². The molecule has 3 aromatic rings. The van der Waals surface area contributed by atoms with E-state index in [0.29, 0.717) is 14.9 Å². The second-order valence-corrected chi connectivity index (χ2v) is 6.15. The number of fused-ring (bicyclic) bond motifs is 1. The van der Waals surface area contributed by atoms with Gasteiger partial charge in [-0.3, -0.25) is 0 Å². The molecule has 0 bridgehead atoms. The minimum atomic E-state index is -0.324. The van der Waals surface area contributed by atoms with E-state index in [-0.39, 0.29) is 5.82 Å². The first-order valence-corrected chi connectivity index (χ1v) is 7.67. The number of nitrogens with zero attached hydrogens (tertiary/aromatic N) is 1. The Kier molecular flexibility index (Phi) is 3.72. The van der Waals surface area contributed by atoms with Gasteiger partial charge in [-0.05, 0) is 47.0 Å². The van der Waals surface area contributed by atoms with E-state index in [1.807, 2.05) is 44.2 Å². The number of aromatic nitrogens is 1. The summed E-state index contributed by atoms with van der Waals surface area (Å²) in [6, 6.07) is 11.3. The van der Waals surface area contributed by atoms with Crippen LogP contribution in [0.3, 0.4) is 0 Å². The molecule has 0 spiro atoms. The number of rotatable bonds is 1. The monoisotopic (exact) mass is 363 g/mol. The molecule has 0 radical (unpaired) electrons. The molecule has 0 amide bonds. The van der Waals surface area contributed by atoms with Gasteiger partial charge >= 0.3 is 0 Å². The van der Waals surface area contributed by atoms with E-state index in [1.54, 1.807) is 0 Å². The first-order chi connectivity index (χ1) is 10.0. The number of hydrogen-bond donors (Lipinski definition) is 0. The third-order valence-electron chi connectivity index (χ3n) is 3.56. The molecule has 0 fully saturated rings. The molecule has 1 nitrogen and oxygen atoms in total. The van der Waals surface area contributed by atoms with Crippen molar-refractivity contribution < 1.29 is 4.39 Å². The molecule has 1 aromatic heterocycles. The molecule has 3 rings (SSSR count). The lowest BCUT2D eigenvalue weighted by Crippen LogP contribution is -1.96. The maximum absolute atomic E-state index is 13.9. The summed E-state index contributed by atoms with van der Waals surface area (Å²) in [5.41, 5.74) is 4.16. The van der Waals surface area contributed by atoms with E-state index in [0.717, 1.165) is 27.9 Å². The van der Waals surface area contributed by atoms with Crippen LogP contribution in [0, 0.1) is 19.7 Å². The molecule has 106 valence electrons. The van der Waals surface area contributed by atoms with Gasteiger partial charge in [-0.15, -0.1) is 0 Å². The van der Waals surface area contributed by atoms with Crippen LogP contribution in [0.4, 0.5) is 4.39 Å². The molecule has 0 saturated heterocycles. The smallest absolute Gasteiger partial charge is 0.138 e. The zero-order valence-corrected chi connectivity index (χ0v) is 13.9. The van der Waals surface area contributed by atoms with Crippen molar-refractivity contribution in [3.8, 4) is 11.3 Å².